The van der Waals surface area contributed by atoms with Gasteiger partial charge in [-0.2, -0.15) is 0 Å². The molecule has 84 valence electrons. The molecule has 0 saturated carbocycles. The fourth-order valence-electron chi connectivity index (χ4n) is 2.66. The van der Waals surface area contributed by atoms with E-state index in [0.717, 1.165) is 0 Å². The second-order valence-electron chi connectivity index (χ2n) is 5.95. The van der Waals surface area contributed by atoms with Crippen molar-refractivity contribution in [1.29, 1.82) is 0 Å². The highest BCUT2D eigenvalue weighted by atomic mass is 16.5. The predicted octanol–water partition coefficient (Wildman–Crippen LogP) is 3.73. The van der Waals surface area contributed by atoms with Crippen LogP contribution >= 0.6 is 0 Å². The molecular weight excluding hydrogens is 172 g/mol. The fraction of sp³-hybridized carbons (Fsp3) is 1.00. The number of rotatable bonds is 1. The second-order valence-corrected chi connectivity index (χ2v) is 5.95. The molecule has 0 aromatic rings. The van der Waals surface area contributed by atoms with E-state index in [0.29, 0.717) is 35.4 Å². The van der Waals surface area contributed by atoms with Crippen LogP contribution in [0.5, 0.6) is 0 Å². The van der Waals surface area contributed by atoms with Crippen LogP contribution in [0.15, 0.2) is 0 Å². The van der Waals surface area contributed by atoms with Gasteiger partial charge in [-0.15, -0.1) is 0 Å². The third-order valence-electron chi connectivity index (χ3n) is 4.57. The lowest BCUT2D eigenvalue weighted by Crippen LogP contribution is -2.51. The van der Waals surface area contributed by atoms with Crippen molar-refractivity contribution in [3.63, 3.8) is 0 Å². The molecule has 0 unspecified atom stereocenters. The van der Waals surface area contributed by atoms with Crippen molar-refractivity contribution in [3.05, 3.63) is 0 Å². The van der Waals surface area contributed by atoms with Crippen molar-refractivity contribution in [3.8, 4) is 0 Å². The largest absolute Gasteiger partial charge is 0.374 e. The molecule has 1 nitrogen and oxygen atoms in total. The first-order valence-electron chi connectivity index (χ1n) is 5.94. The van der Waals surface area contributed by atoms with E-state index in [1.54, 1.807) is 0 Å². The summed E-state index contributed by atoms with van der Waals surface area (Å²) in [4.78, 5) is 0. The molecule has 1 saturated heterocycles. The predicted molar refractivity (Wildman–Crippen MR) is 61.3 cm³/mol. The maximum Gasteiger partial charge on any atom is 0.0632 e. The molecule has 1 heteroatoms. The summed E-state index contributed by atoms with van der Waals surface area (Å²) < 4.78 is 6.11. The first-order chi connectivity index (χ1) is 6.28. The van der Waals surface area contributed by atoms with Crippen LogP contribution in [0.3, 0.4) is 0 Å². The summed E-state index contributed by atoms with van der Waals surface area (Å²) in [6, 6.07) is 0. The van der Waals surface area contributed by atoms with Gasteiger partial charge in [-0.05, 0) is 30.1 Å². The van der Waals surface area contributed by atoms with E-state index < -0.39 is 0 Å². The van der Waals surface area contributed by atoms with Gasteiger partial charge in [-0.1, -0.05) is 41.5 Å². The van der Waals surface area contributed by atoms with Crippen LogP contribution in [-0.2, 0) is 4.74 Å². The Morgan fingerprint density at radius 3 is 1.93 bits per heavy atom. The summed E-state index contributed by atoms with van der Waals surface area (Å²) in [5.41, 5.74) is 0.395. The van der Waals surface area contributed by atoms with Crippen molar-refractivity contribution in [1.82, 2.24) is 0 Å². The van der Waals surface area contributed by atoms with E-state index in [9.17, 15) is 0 Å². The number of hydrogen-bond donors (Lipinski definition) is 0. The summed E-state index contributed by atoms with van der Waals surface area (Å²) in [6.07, 6.45) is 0.824. The van der Waals surface area contributed by atoms with E-state index in [-0.39, 0.29) is 0 Å². The highest BCUT2D eigenvalue weighted by Gasteiger charge is 2.45. The molecule has 0 radical (unpaired) electrons. The van der Waals surface area contributed by atoms with Crippen LogP contribution in [-0.4, -0.2) is 12.2 Å². The Kier molecular flexibility index (Phi) is 3.30. The minimum Gasteiger partial charge on any atom is -0.374 e. The van der Waals surface area contributed by atoms with Crippen molar-refractivity contribution in [2.24, 2.45) is 23.2 Å². The lowest BCUT2D eigenvalue weighted by atomic mass is 9.63. The summed E-state index contributed by atoms with van der Waals surface area (Å²) in [7, 11) is 0. The van der Waals surface area contributed by atoms with E-state index >= 15 is 0 Å². The SMILES string of the molecule is CC(C)[C@H]1O[C@H](C)[C@@H](C)C(C)(C)[C@H]1C. The normalized spacial score (nSPS) is 42.9. The second kappa shape index (κ2) is 3.84. The Morgan fingerprint density at radius 1 is 1.00 bits per heavy atom. The minimum absolute atomic E-state index is 0.395. The van der Waals surface area contributed by atoms with Gasteiger partial charge in [0.1, 0.15) is 0 Å². The number of ether oxygens (including phenoxy) is 1. The van der Waals surface area contributed by atoms with Gasteiger partial charge < -0.3 is 4.74 Å². The third-order valence-corrected chi connectivity index (χ3v) is 4.57. The van der Waals surface area contributed by atoms with Gasteiger partial charge in [0.2, 0.25) is 0 Å². The Bertz CT molecular complexity index is 195. The van der Waals surface area contributed by atoms with Crippen LogP contribution in [0, 0.1) is 23.2 Å². The maximum absolute atomic E-state index is 6.11. The van der Waals surface area contributed by atoms with Crippen LogP contribution < -0.4 is 0 Å². The molecule has 0 amide bonds. The summed E-state index contributed by atoms with van der Waals surface area (Å²) in [6.45, 7) is 16.2. The lowest BCUT2D eigenvalue weighted by molar-refractivity contribution is -0.174. The van der Waals surface area contributed by atoms with Crippen molar-refractivity contribution in [2.45, 2.75) is 60.7 Å². The van der Waals surface area contributed by atoms with Gasteiger partial charge in [0.25, 0.3) is 0 Å². The van der Waals surface area contributed by atoms with Gasteiger partial charge in [-0.25, -0.2) is 0 Å². The molecule has 14 heavy (non-hydrogen) atoms. The summed E-state index contributed by atoms with van der Waals surface area (Å²) in [5.74, 6) is 1.92. The zero-order chi connectivity index (χ0) is 11.1. The van der Waals surface area contributed by atoms with Crippen molar-refractivity contribution in [2.75, 3.05) is 0 Å². The lowest BCUT2D eigenvalue weighted by Gasteiger charge is -2.51. The molecule has 0 aliphatic carbocycles. The molecule has 4 atom stereocenters. The quantitative estimate of drug-likeness (QED) is 0.624. The monoisotopic (exact) mass is 198 g/mol. The van der Waals surface area contributed by atoms with Gasteiger partial charge >= 0.3 is 0 Å². The molecule has 1 rings (SSSR count). The van der Waals surface area contributed by atoms with E-state index in [2.05, 4.69) is 48.5 Å². The van der Waals surface area contributed by atoms with Gasteiger partial charge in [-0.3, -0.25) is 0 Å². The smallest absolute Gasteiger partial charge is 0.0632 e. The molecule has 1 fully saturated rings. The standard InChI is InChI=1S/C13H26O/c1-8(2)12-10(4)13(6,7)9(3)11(5)14-12/h8-12H,1-7H3/t9-,10+,11-,12-/m1/s1. The molecule has 0 spiro atoms. The van der Waals surface area contributed by atoms with Crippen molar-refractivity contribution < 1.29 is 4.74 Å². The Hall–Kier alpha value is -0.0400. The van der Waals surface area contributed by atoms with E-state index in [1.807, 2.05) is 0 Å². The van der Waals surface area contributed by atoms with Crippen LogP contribution in [0.1, 0.15) is 48.5 Å². The third kappa shape index (κ3) is 1.84. The average molecular weight is 198 g/mol. The van der Waals surface area contributed by atoms with Gasteiger partial charge in [0.05, 0.1) is 12.2 Å². The molecule has 0 aromatic carbocycles. The first-order valence-corrected chi connectivity index (χ1v) is 5.94. The summed E-state index contributed by atoms with van der Waals surface area (Å²) >= 11 is 0. The van der Waals surface area contributed by atoms with E-state index in [4.69, 9.17) is 4.74 Å². The van der Waals surface area contributed by atoms with E-state index in [1.165, 1.54) is 0 Å². The molecule has 0 aromatic heterocycles. The molecule has 0 N–H and O–H groups in total. The highest BCUT2D eigenvalue weighted by Crippen LogP contribution is 2.46. The van der Waals surface area contributed by atoms with Crippen LogP contribution in [0.4, 0.5) is 0 Å². The molecular formula is C13H26O. The Morgan fingerprint density at radius 2 is 1.50 bits per heavy atom. The molecule has 1 aliphatic heterocycles. The maximum atomic E-state index is 6.11. The van der Waals surface area contributed by atoms with Crippen LogP contribution in [0.2, 0.25) is 0 Å². The average Bonchev–Trinajstić information content (AvgIpc) is 2.08. The number of hydrogen-bond acceptors (Lipinski definition) is 1. The van der Waals surface area contributed by atoms with Crippen LogP contribution in [0.25, 0.3) is 0 Å². The van der Waals surface area contributed by atoms with Gasteiger partial charge in [0.15, 0.2) is 0 Å². The first kappa shape index (κ1) is 12.0. The zero-order valence-electron chi connectivity index (χ0n) is 10.8. The fourth-order valence-corrected chi connectivity index (χ4v) is 2.66. The topological polar surface area (TPSA) is 9.23 Å². The van der Waals surface area contributed by atoms with Gasteiger partial charge in [0, 0.05) is 0 Å². The minimum atomic E-state index is 0.395. The Labute approximate surface area is 89.2 Å². The molecule has 1 aliphatic rings. The zero-order valence-corrected chi connectivity index (χ0v) is 10.8. The highest BCUT2D eigenvalue weighted by molar-refractivity contribution is 4.93. The Balaban J connectivity index is 2.87. The molecule has 0 bridgehead atoms. The molecule has 1 heterocycles. The van der Waals surface area contributed by atoms with Crippen molar-refractivity contribution >= 4 is 0 Å². The summed E-state index contributed by atoms with van der Waals surface area (Å²) in [5, 5.41) is 0.